The highest BCUT2D eigenvalue weighted by Gasteiger charge is 2.28. The summed E-state index contributed by atoms with van der Waals surface area (Å²) in [4.78, 5) is 23.1. The second-order valence-electron chi connectivity index (χ2n) is 6.78. The van der Waals surface area contributed by atoms with E-state index in [4.69, 9.17) is 35.7 Å². The SMILES string of the molecule is COc1ccc(COc2cc(F)c(C(=O)C(=O)O)c(Cl)c2OCc2ccc(OC)cc2)cc1. The largest absolute Gasteiger partial charge is 0.497 e. The van der Waals surface area contributed by atoms with E-state index < -0.39 is 28.2 Å². The van der Waals surface area contributed by atoms with E-state index in [2.05, 4.69) is 0 Å². The van der Waals surface area contributed by atoms with Crippen molar-refractivity contribution >= 4 is 23.4 Å². The lowest BCUT2D eigenvalue weighted by atomic mass is 10.1. The smallest absolute Gasteiger partial charge is 0.377 e. The number of carbonyl (C=O) groups excluding carboxylic acids is 1. The van der Waals surface area contributed by atoms with Crippen molar-refractivity contribution in [1.82, 2.24) is 0 Å². The highest BCUT2D eigenvalue weighted by molar-refractivity contribution is 6.45. The van der Waals surface area contributed by atoms with Gasteiger partial charge in [0.05, 0.1) is 19.8 Å². The zero-order valence-electron chi connectivity index (χ0n) is 17.8. The van der Waals surface area contributed by atoms with Gasteiger partial charge in [0.25, 0.3) is 5.78 Å². The van der Waals surface area contributed by atoms with Crippen LogP contribution >= 0.6 is 11.6 Å². The molecule has 0 aliphatic rings. The normalized spacial score (nSPS) is 10.4. The molecule has 1 N–H and O–H groups in total. The number of hydrogen-bond acceptors (Lipinski definition) is 6. The maximum Gasteiger partial charge on any atom is 0.377 e. The first kappa shape index (κ1) is 23.9. The summed E-state index contributed by atoms with van der Waals surface area (Å²) in [5.74, 6) is -3.38. The van der Waals surface area contributed by atoms with Crippen molar-refractivity contribution < 1.29 is 38.0 Å². The van der Waals surface area contributed by atoms with Gasteiger partial charge in [-0.1, -0.05) is 35.9 Å². The van der Waals surface area contributed by atoms with Crippen LogP contribution < -0.4 is 18.9 Å². The molecule has 0 aliphatic carbocycles. The number of carbonyl (C=O) groups is 2. The molecule has 0 fully saturated rings. The van der Waals surface area contributed by atoms with Crippen LogP contribution in [0, 0.1) is 5.82 Å². The quantitative estimate of drug-likeness (QED) is 0.329. The van der Waals surface area contributed by atoms with Gasteiger partial charge in [-0.2, -0.15) is 0 Å². The highest BCUT2D eigenvalue weighted by Crippen LogP contribution is 2.40. The molecular weight excluding hydrogens is 455 g/mol. The van der Waals surface area contributed by atoms with Crippen molar-refractivity contribution in [2.75, 3.05) is 14.2 Å². The summed E-state index contributed by atoms with van der Waals surface area (Å²) in [5, 5.41) is 8.54. The van der Waals surface area contributed by atoms with E-state index in [9.17, 15) is 14.0 Å². The third-order valence-electron chi connectivity index (χ3n) is 4.66. The topological polar surface area (TPSA) is 91.3 Å². The molecule has 0 heterocycles. The fraction of sp³-hybridized carbons (Fsp3) is 0.167. The number of rotatable bonds is 10. The fourth-order valence-corrected chi connectivity index (χ4v) is 3.22. The lowest BCUT2D eigenvalue weighted by Crippen LogP contribution is -2.16. The predicted molar refractivity (Wildman–Crippen MR) is 118 cm³/mol. The molecule has 7 nitrogen and oxygen atoms in total. The van der Waals surface area contributed by atoms with Crippen LogP contribution in [-0.4, -0.2) is 31.1 Å². The first-order chi connectivity index (χ1) is 15.8. The van der Waals surface area contributed by atoms with E-state index in [1.165, 1.54) is 7.11 Å². The second kappa shape index (κ2) is 10.7. The van der Waals surface area contributed by atoms with E-state index in [1.807, 2.05) is 0 Å². The first-order valence-electron chi connectivity index (χ1n) is 9.65. The van der Waals surface area contributed by atoms with Crippen molar-refractivity contribution in [3.05, 3.63) is 82.1 Å². The molecule has 0 bridgehead atoms. The Morgan fingerprint density at radius 2 is 1.36 bits per heavy atom. The van der Waals surface area contributed by atoms with Gasteiger partial charge in [0.1, 0.15) is 35.6 Å². The minimum atomic E-state index is -1.84. The molecule has 0 radical (unpaired) electrons. The van der Waals surface area contributed by atoms with Gasteiger partial charge in [0, 0.05) is 6.07 Å². The van der Waals surface area contributed by atoms with Crippen LogP contribution in [0.15, 0.2) is 54.6 Å². The van der Waals surface area contributed by atoms with Crippen LogP contribution in [0.25, 0.3) is 0 Å². The Hall–Kier alpha value is -3.78. The van der Waals surface area contributed by atoms with Gasteiger partial charge in [-0.05, 0) is 35.4 Å². The number of hydrogen-bond donors (Lipinski definition) is 1. The monoisotopic (exact) mass is 474 g/mol. The van der Waals surface area contributed by atoms with Crippen molar-refractivity contribution in [2.24, 2.45) is 0 Å². The molecule has 3 aromatic rings. The summed E-state index contributed by atoms with van der Waals surface area (Å²) >= 11 is 6.23. The van der Waals surface area contributed by atoms with Crippen LogP contribution in [0.3, 0.4) is 0 Å². The summed E-state index contributed by atoms with van der Waals surface area (Å²) < 4.78 is 36.3. The number of ketones is 1. The fourth-order valence-electron chi connectivity index (χ4n) is 2.90. The summed E-state index contributed by atoms with van der Waals surface area (Å²) in [6.45, 7) is 0.0276. The van der Waals surface area contributed by atoms with E-state index in [0.717, 1.165) is 17.2 Å². The molecule has 0 unspecified atom stereocenters. The Labute approximate surface area is 194 Å². The second-order valence-corrected chi connectivity index (χ2v) is 7.16. The number of carboxylic acids is 1. The summed E-state index contributed by atoms with van der Waals surface area (Å²) in [5.41, 5.74) is 0.674. The molecule has 0 spiro atoms. The van der Waals surface area contributed by atoms with Gasteiger partial charge in [0.2, 0.25) is 0 Å². The zero-order chi connectivity index (χ0) is 24.0. The number of methoxy groups -OCH3 is 2. The average Bonchev–Trinajstić information content (AvgIpc) is 2.82. The number of aliphatic carboxylic acids is 1. The van der Waals surface area contributed by atoms with Crippen molar-refractivity contribution in [2.45, 2.75) is 13.2 Å². The van der Waals surface area contributed by atoms with Gasteiger partial charge in [-0.3, -0.25) is 4.79 Å². The lowest BCUT2D eigenvalue weighted by molar-refractivity contribution is -0.131. The molecule has 3 aromatic carbocycles. The minimum Gasteiger partial charge on any atom is -0.497 e. The molecule has 9 heteroatoms. The molecule has 172 valence electrons. The van der Waals surface area contributed by atoms with Crippen LogP contribution in [0.1, 0.15) is 21.5 Å². The number of ether oxygens (including phenoxy) is 4. The molecule has 0 aliphatic heterocycles. The van der Waals surface area contributed by atoms with Gasteiger partial charge >= 0.3 is 5.97 Å². The van der Waals surface area contributed by atoms with E-state index in [1.54, 1.807) is 55.6 Å². The zero-order valence-corrected chi connectivity index (χ0v) is 18.5. The highest BCUT2D eigenvalue weighted by atomic mass is 35.5. The molecule has 0 atom stereocenters. The molecule has 0 saturated carbocycles. The maximum absolute atomic E-state index is 14.6. The number of halogens is 2. The summed E-state index contributed by atoms with van der Waals surface area (Å²) in [6.07, 6.45) is 0. The standard InChI is InChI=1S/C24H20ClFO7/c1-30-16-7-3-14(4-8-16)12-32-19-11-18(26)20(22(27)24(28)29)21(25)23(19)33-13-15-5-9-17(31-2)10-6-15/h3-11H,12-13H2,1-2H3,(H,28,29). The van der Waals surface area contributed by atoms with Gasteiger partial charge < -0.3 is 24.1 Å². The summed E-state index contributed by atoms with van der Waals surface area (Å²) in [7, 11) is 3.08. The van der Waals surface area contributed by atoms with E-state index in [0.29, 0.717) is 11.5 Å². The Balaban J connectivity index is 1.91. The first-order valence-corrected chi connectivity index (χ1v) is 10.0. The molecule has 3 rings (SSSR count). The van der Waals surface area contributed by atoms with Crippen molar-refractivity contribution in [3.8, 4) is 23.0 Å². The van der Waals surface area contributed by atoms with Gasteiger partial charge in [-0.25, -0.2) is 9.18 Å². The third kappa shape index (κ3) is 5.72. The lowest BCUT2D eigenvalue weighted by Gasteiger charge is -2.17. The minimum absolute atomic E-state index is 0.00502. The predicted octanol–water partition coefficient (Wildman–Crippen LogP) is 4.92. The number of Topliss-reactive ketones (excluding diaryl/α,β-unsaturated/α-hetero) is 1. The number of benzene rings is 3. The molecule has 0 aromatic heterocycles. The molecular formula is C24H20ClFO7. The maximum atomic E-state index is 14.6. The van der Waals surface area contributed by atoms with Crippen LogP contribution in [0.5, 0.6) is 23.0 Å². The molecule has 0 saturated heterocycles. The van der Waals surface area contributed by atoms with Crippen molar-refractivity contribution in [3.63, 3.8) is 0 Å². The number of carboxylic acid groups (broad SMARTS) is 1. The van der Waals surface area contributed by atoms with E-state index >= 15 is 0 Å². The Morgan fingerprint density at radius 3 is 1.82 bits per heavy atom. The Kier molecular flexibility index (Phi) is 7.74. The Morgan fingerprint density at radius 1 is 0.879 bits per heavy atom. The van der Waals surface area contributed by atoms with Crippen LogP contribution in [-0.2, 0) is 18.0 Å². The average molecular weight is 475 g/mol. The van der Waals surface area contributed by atoms with Crippen molar-refractivity contribution in [1.29, 1.82) is 0 Å². The molecule has 0 amide bonds. The Bertz CT molecular complexity index is 1140. The van der Waals surface area contributed by atoms with Gasteiger partial charge in [0.15, 0.2) is 11.5 Å². The molecule has 33 heavy (non-hydrogen) atoms. The van der Waals surface area contributed by atoms with Gasteiger partial charge in [-0.15, -0.1) is 0 Å². The summed E-state index contributed by atoms with van der Waals surface area (Å²) in [6, 6.07) is 14.8. The van der Waals surface area contributed by atoms with E-state index in [-0.39, 0.29) is 24.7 Å². The van der Waals surface area contributed by atoms with Crippen LogP contribution in [0.4, 0.5) is 4.39 Å². The third-order valence-corrected chi connectivity index (χ3v) is 5.02. The van der Waals surface area contributed by atoms with Crippen LogP contribution in [0.2, 0.25) is 5.02 Å².